The Kier molecular flexibility index (Phi) is 6.42. The standard InChI is InChI=1S/C16H22N2OS2/c1-2-13(10-17)9-16(19)18(11-14-5-3-7-20-14)12-15-6-4-8-21-15/h3-8,13H,2,9-12,17H2,1H3. The fourth-order valence-corrected chi connectivity index (χ4v) is 3.62. The molecule has 2 aromatic heterocycles. The molecule has 0 aliphatic carbocycles. The minimum Gasteiger partial charge on any atom is -0.332 e. The van der Waals surface area contributed by atoms with Crippen LogP contribution in [0.2, 0.25) is 0 Å². The van der Waals surface area contributed by atoms with Gasteiger partial charge < -0.3 is 10.6 Å². The molecule has 21 heavy (non-hydrogen) atoms. The lowest BCUT2D eigenvalue weighted by atomic mass is 10.0. The Hall–Kier alpha value is -1.17. The fourth-order valence-electron chi connectivity index (χ4n) is 2.18. The predicted molar refractivity (Wildman–Crippen MR) is 90.3 cm³/mol. The molecule has 3 nitrogen and oxygen atoms in total. The van der Waals surface area contributed by atoms with E-state index in [-0.39, 0.29) is 11.8 Å². The average molecular weight is 322 g/mol. The van der Waals surface area contributed by atoms with Gasteiger partial charge in [-0.1, -0.05) is 25.5 Å². The van der Waals surface area contributed by atoms with Crippen LogP contribution < -0.4 is 5.73 Å². The van der Waals surface area contributed by atoms with Crippen LogP contribution in [0, 0.1) is 5.92 Å². The molecule has 0 aliphatic heterocycles. The number of nitrogens with zero attached hydrogens (tertiary/aromatic N) is 1. The number of nitrogens with two attached hydrogens (primary N) is 1. The van der Waals surface area contributed by atoms with Crippen LogP contribution in [0.25, 0.3) is 0 Å². The maximum Gasteiger partial charge on any atom is 0.223 e. The molecule has 1 atom stereocenters. The summed E-state index contributed by atoms with van der Waals surface area (Å²) in [5.74, 6) is 0.487. The fraction of sp³-hybridized carbons (Fsp3) is 0.438. The molecule has 2 N–H and O–H groups in total. The molecule has 5 heteroatoms. The van der Waals surface area contributed by atoms with Crippen LogP contribution in [-0.4, -0.2) is 17.4 Å². The van der Waals surface area contributed by atoms with Crippen LogP contribution in [0.15, 0.2) is 35.0 Å². The van der Waals surface area contributed by atoms with E-state index in [0.717, 1.165) is 6.42 Å². The zero-order chi connectivity index (χ0) is 15.1. The van der Waals surface area contributed by atoms with Gasteiger partial charge in [-0.3, -0.25) is 4.79 Å². The van der Waals surface area contributed by atoms with Gasteiger partial charge in [0.15, 0.2) is 0 Å². The maximum atomic E-state index is 12.6. The Labute approximate surface area is 134 Å². The highest BCUT2D eigenvalue weighted by Crippen LogP contribution is 2.19. The number of carbonyl (C=O) groups is 1. The second-order valence-corrected chi connectivity index (χ2v) is 7.19. The van der Waals surface area contributed by atoms with Gasteiger partial charge in [0.05, 0.1) is 13.1 Å². The summed E-state index contributed by atoms with van der Waals surface area (Å²) in [7, 11) is 0. The lowest BCUT2D eigenvalue weighted by Gasteiger charge is -2.23. The van der Waals surface area contributed by atoms with Crippen molar-refractivity contribution in [2.45, 2.75) is 32.9 Å². The molecule has 0 aromatic carbocycles. The summed E-state index contributed by atoms with van der Waals surface area (Å²) < 4.78 is 0. The third-order valence-corrected chi connectivity index (χ3v) is 5.30. The van der Waals surface area contributed by atoms with Gasteiger partial charge in [0.2, 0.25) is 5.91 Å². The van der Waals surface area contributed by atoms with Gasteiger partial charge in [-0.2, -0.15) is 0 Å². The normalized spacial score (nSPS) is 12.3. The highest BCUT2D eigenvalue weighted by molar-refractivity contribution is 7.10. The molecule has 0 spiro atoms. The predicted octanol–water partition coefficient (Wildman–Crippen LogP) is 3.71. The van der Waals surface area contributed by atoms with Crippen LogP contribution in [0.5, 0.6) is 0 Å². The van der Waals surface area contributed by atoms with Crippen molar-refractivity contribution in [1.82, 2.24) is 4.90 Å². The summed E-state index contributed by atoms with van der Waals surface area (Å²) in [6.45, 7) is 4.05. The highest BCUT2D eigenvalue weighted by Gasteiger charge is 2.19. The van der Waals surface area contributed by atoms with E-state index in [4.69, 9.17) is 5.73 Å². The first-order valence-electron chi connectivity index (χ1n) is 7.25. The van der Waals surface area contributed by atoms with Crippen LogP contribution in [0.1, 0.15) is 29.5 Å². The second kappa shape index (κ2) is 8.32. The molecule has 2 rings (SSSR count). The zero-order valence-corrected chi connectivity index (χ0v) is 14.0. The Balaban J connectivity index is 2.05. The molecule has 0 bridgehead atoms. The van der Waals surface area contributed by atoms with Crippen molar-refractivity contribution in [3.63, 3.8) is 0 Å². The van der Waals surface area contributed by atoms with Crippen molar-refractivity contribution >= 4 is 28.6 Å². The summed E-state index contributed by atoms with van der Waals surface area (Å²) in [6.07, 6.45) is 1.50. The molecular weight excluding hydrogens is 300 g/mol. The quantitative estimate of drug-likeness (QED) is 0.805. The van der Waals surface area contributed by atoms with Crippen LogP contribution in [0.4, 0.5) is 0 Å². The topological polar surface area (TPSA) is 46.3 Å². The Morgan fingerprint density at radius 2 is 1.76 bits per heavy atom. The summed E-state index contributed by atoms with van der Waals surface area (Å²) in [5, 5.41) is 4.11. The van der Waals surface area contributed by atoms with E-state index >= 15 is 0 Å². The minimum atomic E-state index is 0.203. The van der Waals surface area contributed by atoms with E-state index in [9.17, 15) is 4.79 Å². The number of hydrogen-bond donors (Lipinski definition) is 1. The lowest BCUT2D eigenvalue weighted by molar-refractivity contribution is -0.133. The van der Waals surface area contributed by atoms with Gasteiger partial charge in [0.25, 0.3) is 0 Å². The molecule has 0 radical (unpaired) electrons. The number of carbonyl (C=O) groups excluding carboxylic acids is 1. The molecule has 0 aliphatic rings. The number of hydrogen-bond acceptors (Lipinski definition) is 4. The maximum absolute atomic E-state index is 12.6. The van der Waals surface area contributed by atoms with Crippen molar-refractivity contribution in [3.05, 3.63) is 44.8 Å². The Morgan fingerprint density at radius 3 is 2.14 bits per heavy atom. The third kappa shape index (κ3) is 4.95. The first kappa shape index (κ1) is 16.2. The van der Waals surface area contributed by atoms with E-state index in [0.29, 0.717) is 26.1 Å². The van der Waals surface area contributed by atoms with Gasteiger partial charge >= 0.3 is 0 Å². The van der Waals surface area contributed by atoms with E-state index in [2.05, 4.69) is 29.8 Å². The highest BCUT2D eigenvalue weighted by atomic mass is 32.1. The van der Waals surface area contributed by atoms with Gasteiger partial charge in [-0.15, -0.1) is 22.7 Å². The van der Waals surface area contributed by atoms with Crippen molar-refractivity contribution < 1.29 is 4.79 Å². The molecule has 1 unspecified atom stereocenters. The molecule has 0 saturated carbocycles. The number of amides is 1. The van der Waals surface area contributed by atoms with Crippen molar-refractivity contribution in [2.75, 3.05) is 6.54 Å². The Bertz CT molecular complexity index is 482. The van der Waals surface area contributed by atoms with E-state index in [1.165, 1.54) is 9.75 Å². The zero-order valence-electron chi connectivity index (χ0n) is 12.3. The molecule has 114 valence electrons. The summed E-state index contributed by atoms with van der Waals surface area (Å²) >= 11 is 3.39. The van der Waals surface area contributed by atoms with Gasteiger partial charge in [0, 0.05) is 16.2 Å². The molecule has 1 amide bonds. The van der Waals surface area contributed by atoms with E-state index in [1.807, 2.05) is 17.0 Å². The van der Waals surface area contributed by atoms with E-state index < -0.39 is 0 Å². The first-order chi connectivity index (χ1) is 10.2. The average Bonchev–Trinajstić information content (AvgIpc) is 3.17. The molecule has 2 heterocycles. The van der Waals surface area contributed by atoms with Crippen molar-refractivity contribution in [3.8, 4) is 0 Å². The Morgan fingerprint density at radius 1 is 1.19 bits per heavy atom. The van der Waals surface area contributed by atoms with Gasteiger partial charge in [0.1, 0.15) is 0 Å². The smallest absolute Gasteiger partial charge is 0.223 e. The third-order valence-electron chi connectivity index (χ3n) is 3.58. The van der Waals surface area contributed by atoms with Crippen molar-refractivity contribution in [1.29, 1.82) is 0 Å². The van der Waals surface area contributed by atoms with Gasteiger partial charge in [-0.05, 0) is 35.4 Å². The largest absolute Gasteiger partial charge is 0.332 e. The molecule has 0 saturated heterocycles. The second-order valence-electron chi connectivity index (χ2n) is 5.12. The monoisotopic (exact) mass is 322 g/mol. The van der Waals surface area contributed by atoms with Gasteiger partial charge in [-0.25, -0.2) is 0 Å². The molecule has 2 aromatic rings. The summed E-state index contributed by atoms with van der Waals surface area (Å²) in [5.41, 5.74) is 5.74. The summed E-state index contributed by atoms with van der Waals surface area (Å²) in [6, 6.07) is 8.23. The number of rotatable bonds is 8. The van der Waals surface area contributed by atoms with E-state index in [1.54, 1.807) is 22.7 Å². The molecular formula is C16H22N2OS2. The van der Waals surface area contributed by atoms with Crippen LogP contribution in [-0.2, 0) is 17.9 Å². The first-order valence-corrected chi connectivity index (χ1v) is 9.01. The van der Waals surface area contributed by atoms with Crippen molar-refractivity contribution in [2.24, 2.45) is 11.7 Å². The summed E-state index contributed by atoms with van der Waals surface area (Å²) in [4.78, 5) is 17.0. The molecule has 0 fully saturated rings. The minimum absolute atomic E-state index is 0.203. The SMILES string of the molecule is CCC(CN)CC(=O)N(Cc1cccs1)Cc1cccs1. The van der Waals surface area contributed by atoms with Crippen LogP contribution >= 0.6 is 22.7 Å². The van der Waals surface area contributed by atoms with Crippen LogP contribution in [0.3, 0.4) is 0 Å². The lowest BCUT2D eigenvalue weighted by Crippen LogP contribution is -2.32. The number of thiophene rings is 2.